The molecule has 1 fully saturated rings. The molecular formula is C20H22N6O2. The van der Waals surface area contributed by atoms with Crippen molar-refractivity contribution in [3.05, 3.63) is 47.5 Å². The van der Waals surface area contributed by atoms with Gasteiger partial charge in [0, 0.05) is 49.6 Å². The highest BCUT2D eigenvalue weighted by molar-refractivity contribution is 5.98. The van der Waals surface area contributed by atoms with Crippen LogP contribution in [0.3, 0.4) is 0 Å². The molecule has 2 aliphatic heterocycles. The number of H-pyrrole nitrogens is 1. The summed E-state index contributed by atoms with van der Waals surface area (Å²) in [4.78, 5) is 22.0. The molecule has 3 aromatic heterocycles. The summed E-state index contributed by atoms with van der Waals surface area (Å²) in [5, 5.41) is 11.2. The van der Waals surface area contributed by atoms with Crippen LogP contribution in [0.2, 0.25) is 0 Å². The Morgan fingerprint density at radius 1 is 1.11 bits per heavy atom. The van der Waals surface area contributed by atoms with Crippen LogP contribution in [-0.2, 0) is 13.0 Å². The monoisotopic (exact) mass is 378 g/mol. The van der Waals surface area contributed by atoms with Gasteiger partial charge in [-0.25, -0.2) is 4.98 Å². The van der Waals surface area contributed by atoms with Crippen molar-refractivity contribution in [1.29, 1.82) is 0 Å². The van der Waals surface area contributed by atoms with E-state index in [2.05, 4.69) is 25.2 Å². The van der Waals surface area contributed by atoms with E-state index in [4.69, 9.17) is 4.52 Å². The Kier molecular flexibility index (Phi) is 4.31. The summed E-state index contributed by atoms with van der Waals surface area (Å²) in [5.74, 6) is 0.579. The van der Waals surface area contributed by atoms with Gasteiger partial charge in [-0.05, 0) is 31.4 Å². The summed E-state index contributed by atoms with van der Waals surface area (Å²) in [7, 11) is 0. The van der Waals surface area contributed by atoms with Gasteiger partial charge < -0.3 is 14.3 Å². The lowest BCUT2D eigenvalue weighted by atomic mass is 10.0. The number of fused-ring (bicyclic) bond motifs is 1. The molecule has 8 heteroatoms. The molecule has 1 amide bonds. The van der Waals surface area contributed by atoms with Gasteiger partial charge in [-0.1, -0.05) is 5.16 Å². The van der Waals surface area contributed by atoms with E-state index in [1.54, 1.807) is 18.5 Å². The molecule has 8 nitrogen and oxygen atoms in total. The molecule has 28 heavy (non-hydrogen) atoms. The van der Waals surface area contributed by atoms with Crippen molar-refractivity contribution in [3.63, 3.8) is 0 Å². The molecule has 0 atom stereocenters. The molecule has 0 aromatic carbocycles. The lowest BCUT2D eigenvalue weighted by Crippen LogP contribution is -2.38. The van der Waals surface area contributed by atoms with Crippen molar-refractivity contribution >= 4 is 11.6 Å². The minimum atomic E-state index is -0.0310. The fraction of sp³-hybridized carbons (Fsp3) is 0.400. The predicted octanol–water partition coefficient (Wildman–Crippen LogP) is 2.65. The van der Waals surface area contributed by atoms with Crippen LogP contribution in [0.5, 0.6) is 0 Å². The average molecular weight is 378 g/mol. The van der Waals surface area contributed by atoms with Gasteiger partial charge in [0.25, 0.3) is 5.91 Å². The summed E-state index contributed by atoms with van der Waals surface area (Å²) < 4.78 is 5.27. The molecule has 3 aromatic rings. The number of carbonyl (C=O) groups is 1. The Bertz CT molecular complexity index is 975. The molecule has 1 N–H and O–H groups in total. The Balaban J connectivity index is 1.43. The Labute approximate surface area is 162 Å². The number of aromatic nitrogens is 4. The van der Waals surface area contributed by atoms with Crippen LogP contribution in [0, 0.1) is 0 Å². The third-order valence-corrected chi connectivity index (χ3v) is 5.58. The van der Waals surface area contributed by atoms with Crippen molar-refractivity contribution in [2.24, 2.45) is 0 Å². The Hall–Kier alpha value is -3.16. The number of hydrogen-bond acceptors (Lipinski definition) is 6. The SMILES string of the molecule is O=C(c1ncccc1N1CCCCC1)N1CCc2[nH]nc(-c3ccno3)c2C1. The molecule has 5 rings (SSSR count). The number of pyridine rings is 1. The highest BCUT2D eigenvalue weighted by Gasteiger charge is 2.30. The first-order chi connectivity index (χ1) is 13.8. The second-order valence-corrected chi connectivity index (χ2v) is 7.30. The second kappa shape index (κ2) is 7.10. The first-order valence-corrected chi connectivity index (χ1v) is 9.77. The van der Waals surface area contributed by atoms with E-state index >= 15 is 0 Å². The van der Waals surface area contributed by atoms with Gasteiger partial charge in [0.2, 0.25) is 0 Å². The molecule has 0 saturated carbocycles. The van der Waals surface area contributed by atoms with E-state index in [0.29, 0.717) is 24.5 Å². The third kappa shape index (κ3) is 2.94. The van der Waals surface area contributed by atoms with Gasteiger partial charge in [0.15, 0.2) is 11.5 Å². The Morgan fingerprint density at radius 2 is 2.00 bits per heavy atom. The summed E-state index contributed by atoms with van der Waals surface area (Å²) in [5.41, 5.74) is 4.25. The van der Waals surface area contributed by atoms with Gasteiger partial charge in [0.1, 0.15) is 5.69 Å². The number of hydrogen-bond donors (Lipinski definition) is 1. The maximum absolute atomic E-state index is 13.4. The van der Waals surface area contributed by atoms with Crippen LogP contribution in [0.15, 0.2) is 35.1 Å². The summed E-state index contributed by atoms with van der Waals surface area (Å²) >= 11 is 0. The average Bonchev–Trinajstić information content (AvgIpc) is 3.43. The molecule has 2 aliphatic rings. The third-order valence-electron chi connectivity index (χ3n) is 5.58. The van der Waals surface area contributed by atoms with Gasteiger partial charge in [-0.2, -0.15) is 5.10 Å². The van der Waals surface area contributed by atoms with E-state index in [1.165, 1.54) is 6.42 Å². The molecule has 0 aliphatic carbocycles. The normalized spacial score (nSPS) is 16.9. The molecule has 0 unspecified atom stereocenters. The van der Waals surface area contributed by atoms with Crippen molar-refractivity contribution in [2.45, 2.75) is 32.2 Å². The molecule has 144 valence electrons. The summed E-state index contributed by atoms with van der Waals surface area (Å²) in [6.07, 6.45) is 7.60. The fourth-order valence-corrected chi connectivity index (χ4v) is 4.11. The number of piperidine rings is 1. The number of amides is 1. The van der Waals surface area contributed by atoms with Crippen LogP contribution < -0.4 is 4.90 Å². The zero-order valence-electron chi connectivity index (χ0n) is 15.6. The van der Waals surface area contributed by atoms with Gasteiger partial charge >= 0.3 is 0 Å². The Morgan fingerprint density at radius 3 is 2.82 bits per heavy atom. The van der Waals surface area contributed by atoms with Crippen LogP contribution in [0.25, 0.3) is 11.5 Å². The molecule has 0 bridgehead atoms. The van der Waals surface area contributed by atoms with Crippen molar-refractivity contribution in [1.82, 2.24) is 25.2 Å². The molecule has 0 spiro atoms. The first-order valence-electron chi connectivity index (χ1n) is 9.77. The zero-order chi connectivity index (χ0) is 18.9. The van der Waals surface area contributed by atoms with Gasteiger partial charge in [-0.15, -0.1) is 0 Å². The van der Waals surface area contributed by atoms with Crippen molar-refractivity contribution in [2.75, 3.05) is 24.5 Å². The molecule has 1 saturated heterocycles. The van der Waals surface area contributed by atoms with Gasteiger partial charge in [0.05, 0.1) is 18.4 Å². The lowest BCUT2D eigenvalue weighted by Gasteiger charge is -2.32. The van der Waals surface area contributed by atoms with Crippen molar-refractivity contribution in [3.8, 4) is 11.5 Å². The fourth-order valence-electron chi connectivity index (χ4n) is 4.11. The zero-order valence-corrected chi connectivity index (χ0v) is 15.6. The highest BCUT2D eigenvalue weighted by atomic mass is 16.5. The summed E-state index contributed by atoms with van der Waals surface area (Å²) in [6.45, 7) is 3.08. The standard InChI is InChI=1S/C20H22N6O2/c27-20(19-16(5-4-8-21-19)25-10-2-1-3-11-25)26-12-7-15-14(13-26)18(24-23-15)17-6-9-22-28-17/h4-6,8-9H,1-3,7,10-13H2,(H,23,24). The quantitative estimate of drug-likeness (QED) is 0.753. The number of aromatic amines is 1. The molecule has 5 heterocycles. The van der Waals surface area contributed by atoms with Crippen molar-refractivity contribution < 1.29 is 9.32 Å². The van der Waals surface area contributed by atoms with Crippen LogP contribution in [-0.4, -0.2) is 50.8 Å². The molecular weight excluding hydrogens is 356 g/mol. The van der Waals surface area contributed by atoms with E-state index < -0.39 is 0 Å². The minimum Gasteiger partial charge on any atom is -0.370 e. The topological polar surface area (TPSA) is 91.2 Å². The number of rotatable bonds is 3. The minimum absolute atomic E-state index is 0.0310. The largest absolute Gasteiger partial charge is 0.370 e. The maximum atomic E-state index is 13.4. The summed E-state index contributed by atoms with van der Waals surface area (Å²) in [6, 6.07) is 5.70. The van der Waals surface area contributed by atoms with Crippen LogP contribution in [0.1, 0.15) is 41.0 Å². The van der Waals surface area contributed by atoms with E-state index in [-0.39, 0.29) is 5.91 Å². The smallest absolute Gasteiger partial charge is 0.274 e. The van der Waals surface area contributed by atoms with E-state index in [0.717, 1.165) is 55.0 Å². The number of nitrogens with zero attached hydrogens (tertiary/aromatic N) is 5. The maximum Gasteiger partial charge on any atom is 0.274 e. The van der Waals surface area contributed by atoms with Gasteiger partial charge in [-0.3, -0.25) is 9.89 Å². The number of anilines is 1. The number of nitrogens with one attached hydrogen (secondary N) is 1. The predicted molar refractivity (Wildman–Crippen MR) is 103 cm³/mol. The first kappa shape index (κ1) is 17.0. The number of carbonyl (C=O) groups excluding carboxylic acids is 1. The molecule has 0 radical (unpaired) electrons. The second-order valence-electron chi connectivity index (χ2n) is 7.30. The van der Waals surface area contributed by atoms with Crippen LogP contribution in [0.4, 0.5) is 5.69 Å². The van der Waals surface area contributed by atoms with E-state index in [1.807, 2.05) is 17.0 Å². The van der Waals surface area contributed by atoms with Crippen LogP contribution >= 0.6 is 0 Å². The lowest BCUT2D eigenvalue weighted by molar-refractivity contribution is 0.0729. The van der Waals surface area contributed by atoms with E-state index in [9.17, 15) is 4.79 Å². The highest BCUT2D eigenvalue weighted by Crippen LogP contribution is 2.30.